The van der Waals surface area contributed by atoms with Gasteiger partial charge in [-0.05, 0) is 64.8 Å². The third-order valence-electron chi connectivity index (χ3n) is 3.80. The maximum atomic E-state index is 12.2. The SMILES string of the molecule is CC(=Nc1ccc(Br)cc1)C1CCCN(C(=O)OC(C)(C)C)C1. The van der Waals surface area contributed by atoms with Crippen LogP contribution >= 0.6 is 15.9 Å². The minimum absolute atomic E-state index is 0.223. The molecule has 2 rings (SSSR count). The lowest BCUT2D eigenvalue weighted by atomic mass is 9.94. The number of hydrogen-bond donors (Lipinski definition) is 0. The molecule has 0 bridgehead atoms. The molecule has 0 aromatic heterocycles. The molecule has 1 atom stereocenters. The topological polar surface area (TPSA) is 41.9 Å². The molecule has 1 aliphatic heterocycles. The van der Waals surface area contributed by atoms with E-state index in [1.165, 1.54) is 0 Å². The van der Waals surface area contributed by atoms with Crippen molar-refractivity contribution < 1.29 is 9.53 Å². The summed E-state index contributed by atoms with van der Waals surface area (Å²) in [6.07, 6.45) is 1.82. The highest BCUT2D eigenvalue weighted by Gasteiger charge is 2.28. The number of aliphatic imine (C=N–C) groups is 1. The summed E-state index contributed by atoms with van der Waals surface area (Å²) in [6.45, 7) is 9.18. The first-order chi connectivity index (χ1) is 10.7. The van der Waals surface area contributed by atoms with Crippen molar-refractivity contribution >= 4 is 33.4 Å². The standard InChI is InChI=1S/C18H25BrN2O2/c1-13(20-16-9-7-15(19)8-10-16)14-6-5-11-21(12-14)17(22)23-18(2,3)4/h7-10,14H,5-6,11-12H2,1-4H3. The highest BCUT2D eigenvalue weighted by Crippen LogP contribution is 2.23. The Morgan fingerprint density at radius 2 is 1.96 bits per heavy atom. The van der Waals surface area contributed by atoms with Crippen LogP contribution in [0.1, 0.15) is 40.5 Å². The van der Waals surface area contributed by atoms with Crippen molar-refractivity contribution in [2.24, 2.45) is 10.9 Å². The van der Waals surface area contributed by atoms with E-state index in [-0.39, 0.29) is 6.09 Å². The van der Waals surface area contributed by atoms with Gasteiger partial charge < -0.3 is 9.64 Å². The molecule has 1 aromatic carbocycles. The average molecular weight is 381 g/mol. The van der Waals surface area contributed by atoms with Crippen molar-refractivity contribution in [3.05, 3.63) is 28.7 Å². The highest BCUT2D eigenvalue weighted by molar-refractivity contribution is 9.10. The molecule has 1 aromatic rings. The maximum Gasteiger partial charge on any atom is 0.410 e. The van der Waals surface area contributed by atoms with Crippen LogP contribution in [-0.4, -0.2) is 35.4 Å². The number of carbonyl (C=O) groups is 1. The number of ether oxygens (including phenoxy) is 1. The summed E-state index contributed by atoms with van der Waals surface area (Å²) in [5, 5.41) is 0. The van der Waals surface area contributed by atoms with Crippen LogP contribution in [0.2, 0.25) is 0 Å². The Morgan fingerprint density at radius 3 is 2.57 bits per heavy atom. The van der Waals surface area contributed by atoms with E-state index in [9.17, 15) is 4.79 Å². The summed E-state index contributed by atoms with van der Waals surface area (Å²) >= 11 is 3.43. The van der Waals surface area contributed by atoms with Gasteiger partial charge >= 0.3 is 6.09 Å². The zero-order chi connectivity index (χ0) is 17.0. The first kappa shape index (κ1) is 18.0. The molecule has 1 heterocycles. The molecule has 1 aliphatic rings. The first-order valence-corrected chi connectivity index (χ1v) is 8.82. The molecule has 126 valence electrons. The molecule has 1 saturated heterocycles. The minimum Gasteiger partial charge on any atom is -0.444 e. The lowest BCUT2D eigenvalue weighted by Gasteiger charge is -2.34. The number of hydrogen-bond acceptors (Lipinski definition) is 3. The van der Waals surface area contributed by atoms with Gasteiger partial charge in [0.2, 0.25) is 0 Å². The first-order valence-electron chi connectivity index (χ1n) is 8.03. The van der Waals surface area contributed by atoms with Gasteiger partial charge in [0, 0.05) is 29.2 Å². The smallest absolute Gasteiger partial charge is 0.410 e. The summed E-state index contributed by atoms with van der Waals surface area (Å²) in [4.78, 5) is 18.8. The average Bonchev–Trinajstić information content (AvgIpc) is 2.48. The summed E-state index contributed by atoms with van der Waals surface area (Å²) in [6, 6.07) is 7.95. The Kier molecular flexibility index (Phi) is 5.84. The van der Waals surface area contributed by atoms with Gasteiger partial charge in [-0.2, -0.15) is 0 Å². The van der Waals surface area contributed by atoms with Crippen molar-refractivity contribution in [3.63, 3.8) is 0 Å². The second-order valence-corrected chi connectivity index (χ2v) is 7.91. The lowest BCUT2D eigenvalue weighted by molar-refractivity contribution is 0.0194. The Morgan fingerprint density at radius 1 is 1.30 bits per heavy atom. The molecular weight excluding hydrogens is 356 g/mol. The fraction of sp³-hybridized carbons (Fsp3) is 0.556. The van der Waals surface area contributed by atoms with Gasteiger partial charge in [-0.25, -0.2) is 4.79 Å². The van der Waals surface area contributed by atoms with Crippen LogP contribution in [0, 0.1) is 5.92 Å². The van der Waals surface area contributed by atoms with Crippen molar-refractivity contribution in [3.8, 4) is 0 Å². The fourth-order valence-corrected chi connectivity index (χ4v) is 2.89. The third kappa shape index (κ3) is 5.65. The lowest BCUT2D eigenvalue weighted by Crippen LogP contribution is -2.44. The van der Waals surface area contributed by atoms with E-state index in [4.69, 9.17) is 9.73 Å². The van der Waals surface area contributed by atoms with Crippen LogP contribution in [-0.2, 0) is 4.74 Å². The van der Waals surface area contributed by atoms with Gasteiger partial charge in [0.25, 0.3) is 0 Å². The highest BCUT2D eigenvalue weighted by atomic mass is 79.9. The van der Waals surface area contributed by atoms with Crippen molar-refractivity contribution in [1.29, 1.82) is 0 Å². The van der Waals surface area contributed by atoms with E-state index in [1.54, 1.807) is 4.90 Å². The second-order valence-electron chi connectivity index (χ2n) is 7.00. The molecule has 5 heteroatoms. The monoisotopic (exact) mass is 380 g/mol. The zero-order valence-corrected chi connectivity index (χ0v) is 15.9. The number of benzene rings is 1. The van der Waals surface area contributed by atoms with E-state index < -0.39 is 5.60 Å². The number of amides is 1. The van der Waals surface area contributed by atoms with E-state index >= 15 is 0 Å². The predicted molar refractivity (Wildman–Crippen MR) is 97.4 cm³/mol. The molecule has 1 amide bonds. The van der Waals surface area contributed by atoms with E-state index in [0.717, 1.165) is 35.3 Å². The predicted octanol–water partition coefficient (Wildman–Crippen LogP) is 5.19. The quantitative estimate of drug-likeness (QED) is 0.662. The van der Waals surface area contributed by atoms with Gasteiger partial charge in [-0.3, -0.25) is 4.99 Å². The molecule has 0 saturated carbocycles. The molecule has 0 N–H and O–H groups in total. The molecule has 1 fully saturated rings. The minimum atomic E-state index is -0.454. The number of rotatable bonds is 2. The Balaban J connectivity index is 2.02. The van der Waals surface area contributed by atoms with Gasteiger partial charge in [-0.1, -0.05) is 15.9 Å². The summed E-state index contributed by atoms with van der Waals surface area (Å²) in [5.41, 5.74) is 1.56. The van der Waals surface area contributed by atoms with Crippen molar-refractivity contribution in [2.45, 2.75) is 46.1 Å². The molecule has 0 radical (unpaired) electrons. The van der Waals surface area contributed by atoms with Crippen LogP contribution in [0.5, 0.6) is 0 Å². The van der Waals surface area contributed by atoms with Gasteiger partial charge in [0.1, 0.15) is 5.60 Å². The largest absolute Gasteiger partial charge is 0.444 e. The molecular formula is C18H25BrN2O2. The normalized spacial score (nSPS) is 19.6. The Bertz CT molecular complexity index is 576. The molecule has 0 spiro atoms. The zero-order valence-electron chi connectivity index (χ0n) is 14.3. The van der Waals surface area contributed by atoms with Crippen molar-refractivity contribution in [2.75, 3.05) is 13.1 Å². The van der Waals surface area contributed by atoms with Crippen LogP contribution in [0.4, 0.5) is 10.5 Å². The Hall–Kier alpha value is -1.36. The third-order valence-corrected chi connectivity index (χ3v) is 4.32. The van der Waals surface area contributed by atoms with Crippen molar-refractivity contribution in [1.82, 2.24) is 4.90 Å². The fourth-order valence-electron chi connectivity index (χ4n) is 2.62. The summed E-state index contributed by atoms with van der Waals surface area (Å²) < 4.78 is 6.52. The number of piperidine rings is 1. The van der Waals surface area contributed by atoms with Gasteiger partial charge in [0.15, 0.2) is 0 Å². The molecule has 1 unspecified atom stereocenters. The summed E-state index contributed by atoms with van der Waals surface area (Å²) in [5.74, 6) is 0.292. The molecule has 0 aliphatic carbocycles. The van der Waals surface area contributed by atoms with Crippen LogP contribution in [0.25, 0.3) is 0 Å². The van der Waals surface area contributed by atoms with Crippen LogP contribution in [0.15, 0.2) is 33.7 Å². The van der Waals surface area contributed by atoms with Gasteiger partial charge in [0.05, 0.1) is 5.69 Å². The number of nitrogens with zero attached hydrogens (tertiary/aromatic N) is 2. The van der Waals surface area contributed by atoms with Crippen LogP contribution < -0.4 is 0 Å². The second kappa shape index (κ2) is 7.47. The maximum absolute atomic E-state index is 12.2. The van der Waals surface area contributed by atoms with E-state index in [2.05, 4.69) is 15.9 Å². The number of carbonyl (C=O) groups excluding carboxylic acids is 1. The van der Waals surface area contributed by atoms with Crippen LogP contribution in [0.3, 0.4) is 0 Å². The Labute approximate surface area is 147 Å². The number of likely N-dealkylation sites (tertiary alicyclic amines) is 1. The molecule has 4 nitrogen and oxygen atoms in total. The van der Waals surface area contributed by atoms with E-state index in [1.807, 2.05) is 52.0 Å². The number of halogens is 1. The van der Waals surface area contributed by atoms with E-state index in [0.29, 0.717) is 12.5 Å². The summed E-state index contributed by atoms with van der Waals surface area (Å²) in [7, 11) is 0. The molecule has 23 heavy (non-hydrogen) atoms. The van der Waals surface area contributed by atoms with Gasteiger partial charge in [-0.15, -0.1) is 0 Å².